The highest BCUT2D eigenvalue weighted by atomic mass is 79.9. The smallest absolute Gasteiger partial charge is 0.334 e. The fourth-order valence-corrected chi connectivity index (χ4v) is 4.46. The van der Waals surface area contributed by atoms with Crippen LogP contribution in [0.3, 0.4) is 0 Å². The van der Waals surface area contributed by atoms with Gasteiger partial charge in [-0.25, -0.2) is 4.79 Å². The Balaban J connectivity index is 2.41. The second-order valence-electron chi connectivity index (χ2n) is 9.40. The number of ether oxygens (including phenoxy) is 3. The zero-order chi connectivity index (χ0) is 24.1. The molecule has 0 bridgehead atoms. The number of rotatable bonds is 9. The van der Waals surface area contributed by atoms with Crippen LogP contribution in [0.4, 0.5) is 0 Å². The standard InChI is InChI=1S/C25H35BrO5Si/c1-17(30-18(2)24(27)28-6)21-14-20(31-32(7,8)25(3,4)5)15-22(26)23(21)29-16-19-12-10-9-11-13-19/h9-15,17-18H,16H2,1-8H3/t17?,18-/m1/s1. The van der Waals surface area contributed by atoms with E-state index < -0.39 is 26.5 Å². The maximum absolute atomic E-state index is 11.9. The molecule has 0 N–H and O–H groups in total. The van der Waals surface area contributed by atoms with E-state index in [0.29, 0.717) is 12.4 Å². The third-order valence-electron chi connectivity index (χ3n) is 5.83. The Bertz CT molecular complexity index is 909. The van der Waals surface area contributed by atoms with Crippen LogP contribution in [0.5, 0.6) is 11.5 Å². The first-order chi connectivity index (χ1) is 14.9. The van der Waals surface area contributed by atoms with Crippen molar-refractivity contribution in [3.8, 4) is 11.5 Å². The van der Waals surface area contributed by atoms with Gasteiger partial charge in [0.25, 0.3) is 0 Å². The minimum atomic E-state index is -2.05. The van der Waals surface area contributed by atoms with Crippen LogP contribution in [0.2, 0.25) is 18.1 Å². The predicted octanol–water partition coefficient (Wildman–Crippen LogP) is 7.05. The molecule has 5 nitrogen and oxygen atoms in total. The van der Waals surface area contributed by atoms with Crippen molar-refractivity contribution < 1.29 is 23.4 Å². The van der Waals surface area contributed by atoms with E-state index in [1.54, 1.807) is 6.92 Å². The molecule has 0 amide bonds. The second-order valence-corrected chi connectivity index (χ2v) is 15.0. The predicted molar refractivity (Wildman–Crippen MR) is 134 cm³/mol. The number of esters is 1. The summed E-state index contributed by atoms with van der Waals surface area (Å²) in [4.78, 5) is 11.9. The Labute approximate surface area is 201 Å². The quantitative estimate of drug-likeness (QED) is 0.260. The largest absolute Gasteiger partial charge is 0.543 e. The molecular weight excluding hydrogens is 488 g/mol. The van der Waals surface area contributed by atoms with Gasteiger partial charge in [-0.3, -0.25) is 0 Å². The van der Waals surface area contributed by atoms with E-state index in [1.807, 2.05) is 49.4 Å². The molecule has 32 heavy (non-hydrogen) atoms. The third-order valence-corrected chi connectivity index (χ3v) is 10.8. The van der Waals surface area contributed by atoms with Gasteiger partial charge in [-0.2, -0.15) is 0 Å². The highest BCUT2D eigenvalue weighted by molar-refractivity contribution is 9.10. The minimum absolute atomic E-state index is 0.0592. The lowest BCUT2D eigenvalue weighted by Crippen LogP contribution is -2.43. The zero-order valence-corrected chi connectivity index (χ0v) is 22.9. The third kappa shape index (κ3) is 6.83. The summed E-state index contributed by atoms with van der Waals surface area (Å²) >= 11 is 3.67. The van der Waals surface area contributed by atoms with Gasteiger partial charge in [0.1, 0.15) is 18.1 Å². The number of methoxy groups -OCH3 is 1. The lowest BCUT2D eigenvalue weighted by atomic mass is 10.1. The molecule has 0 spiro atoms. The van der Waals surface area contributed by atoms with Crippen LogP contribution in [0, 0.1) is 0 Å². The molecule has 0 aliphatic rings. The van der Waals surface area contributed by atoms with Crippen molar-refractivity contribution >= 4 is 30.2 Å². The maximum Gasteiger partial charge on any atom is 0.334 e. The van der Waals surface area contributed by atoms with Crippen LogP contribution in [0.15, 0.2) is 46.9 Å². The van der Waals surface area contributed by atoms with Crippen molar-refractivity contribution in [1.82, 2.24) is 0 Å². The first kappa shape index (κ1) is 26.4. The average Bonchev–Trinajstić information content (AvgIpc) is 2.71. The van der Waals surface area contributed by atoms with Gasteiger partial charge in [-0.15, -0.1) is 0 Å². The second kappa shape index (κ2) is 10.9. The van der Waals surface area contributed by atoms with Crippen LogP contribution in [0.25, 0.3) is 0 Å². The number of carbonyl (C=O) groups is 1. The van der Waals surface area contributed by atoms with Crippen molar-refractivity contribution in [1.29, 1.82) is 0 Å². The highest BCUT2D eigenvalue weighted by Gasteiger charge is 2.39. The molecule has 0 fully saturated rings. The summed E-state index contributed by atoms with van der Waals surface area (Å²) in [5.74, 6) is 1.00. The minimum Gasteiger partial charge on any atom is -0.543 e. The van der Waals surface area contributed by atoms with E-state index >= 15 is 0 Å². The van der Waals surface area contributed by atoms with Gasteiger partial charge < -0.3 is 18.6 Å². The molecule has 2 atom stereocenters. The van der Waals surface area contributed by atoms with Gasteiger partial charge in [0.2, 0.25) is 8.32 Å². The number of carbonyl (C=O) groups excluding carboxylic acids is 1. The van der Waals surface area contributed by atoms with Gasteiger partial charge in [0, 0.05) is 5.56 Å². The van der Waals surface area contributed by atoms with Crippen LogP contribution in [0.1, 0.15) is 51.8 Å². The van der Waals surface area contributed by atoms with Crippen LogP contribution >= 0.6 is 15.9 Å². The molecule has 0 heterocycles. The molecule has 1 unspecified atom stereocenters. The monoisotopic (exact) mass is 522 g/mol. The number of hydrogen-bond acceptors (Lipinski definition) is 5. The van der Waals surface area contributed by atoms with Crippen molar-refractivity contribution in [2.75, 3.05) is 7.11 Å². The summed E-state index contributed by atoms with van der Waals surface area (Å²) in [5, 5.41) is 0.0592. The Morgan fingerprint density at radius 1 is 1.09 bits per heavy atom. The molecule has 0 radical (unpaired) electrons. The lowest BCUT2D eigenvalue weighted by Gasteiger charge is -2.36. The molecule has 0 aromatic heterocycles. The average molecular weight is 524 g/mol. The topological polar surface area (TPSA) is 54.0 Å². The van der Waals surface area contributed by atoms with Gasteiger partial charge in [-0.1, -0.05) is 51.1 Å². The molecular formula is C25H35BrO5Si. The molecule has 0 aliphatic carbocycles. The van der Waals surface area contributed by atoms with Gasteiger partial charge >= 0.3 is 5.97 Å². The Kier molecular flexibility index (Phi) is 8.96. The number of halogens is 1. The van der Waals surface area contributed by atoms with E-state index in [1.165, 1.54) is 7.11 Å². The summed E-state index contributed by atoms with van der Waals surface area (Å²) in [6, 6.07) is 13.9. The van der Waals surface area contributed by atoms with E-state index in [9.17, 15) is 4.79 Å². The Hall–Kier alpha value is -1.83. The molecule has 0 saturated heterocycles. The van der Waals surface area contributed by atoms with Gasteiger partial charge in [0.05, 0.1) is 17.7 Å². The van der Waals surface area contributed by atoms with E-state index in [4.69, 9.17) is 18.6 Å². The summed E-state index contributed by atoms with van der Waals surface area (Å²) in [5.41, 5.74) is 1.86. The molecule has 2 aromatic rings. The van der Waals surface area contributed by atoms with Crippen molar-refractivity contribution in [2.45, 2.75) is 71.6 Å². The molecule has 0 aliphatic heterocycles. The van der Waals surface area contributed by atoms with Crippen molar-refractivity contribution in [2.24, 2.45) is 0 Å². The summed E-state index contributed by atoms with van der Waals surface area (Å²) in [6.07, 6.45) is -1.13. The molecule has 2 aromatic carbocycles. The summed E-state index contributed by atoms with van der Waals surface area (Å²) < 4.78 is 24.3. The van der Waals surface area contributed by atoms with Crippen LogP contribution in [-0.4, -0.2) is 27.5 Å². The van der Waals surface area contributed by atoms with E-state index in [0.717, 1.165) is 21.3 Å². The van der Waals surface area contributed by atoms with Crippen LogP contribution in [-0.2, 0) is 20.9 Å². The van der Waals surface area contributed by atoms with Gasteiger partial charge in [0.15, 0.2) is 6.10 Å². The summed E-state index contributed by atoms with van der Waals surface area (Å²) in [6.45, 7) is 15.0. The lowest BCUT2D eigenvalue weighted by molar-refractivity contribution is -0.156. The molecule has 7 heteroatoms. The Morgan fingerprint density at radius 2 is 1.72 bits per heavy atom. The fourth-order valence-electron chi connectivity index (χ4n) is 2.88. The van der Waals surface area contributed by atoms with Crippen molar-refractivity contribution in [3.63, 3.8) is 0 Å². The van der Waals surface area contributed by atoms with E-state index in [2.05, 4.69) is 49.8 Å². The normalized spacial score (nSPS) is 13.9. The first-order valence-electron chi connectivity index (χ1n) is 10.8. The van der Waals surface area contributed by atoms with Gasteiger partial charge in [-0.05, 0) is 65.6 Å². The van der Waals surface area contributed by atoms with Crippen molar-refractivity contribution in [3.05, 3.63) is 58.1 Å². The zero-order valence-electron chi connectivity index (χ0n) is 20.3. The maximum atomic E-state index is 11.9. The summed E-state index contributed by atoms with van der Waals surface area (Å²) in [7, 11) is -0.694. The number of benzene rings is 2. The molecule has 176 valence electrons. The molecule has 0 saturated carbocycles. The van der Waals surface area contributed by atoms with E-state index in [-0.39, 0.29) is 5.04 Å². The van der Waals surface area contributed by atoms with Crippen LogP contribution < -0.4 is 9.16 Å². The number of hydrogen-bond donors (Lipinski definition) is 0. The fraction of sp³-hybridized carbons (Fsp3) is 0.480. The molecule has 2 rings (SSSR count). The Morgan fingerprint density at radius 3 is 2.28 bits per heavy atom. The first-order valence-corrected chi connectivity index (χ1v) is 14.5. The highest BCUT2D eigenvalue weighted by Crippen LogP contribution is 2.42. The SMILES string of the molecule is COC(=O)[C@@H](C)OC(C)c1cc(O[Si](C)(C)C(C)(C)C)cc(Br)c1OCc1ccccc1.